The number of esters is 2. The predicted molar refractivity (Wildman–Crippen MR) is 144 cm³/mol. The highest BCUT2D eigenvalue weighted by molar-refractivity contribution is 5.75. The average molecular weight is 508 g/mol. The number of phenolic OH excluding ortho intramolecular Hbond substituents is 1. The van der Waals surface area contributed by atoms with Gasteiger partial charge in [0, 0.05) is 6.42 Å². The van der Waals surface area contributed by atoms with Crippen LogP contribution < -0.4 is 0 Å². The number of carbonyl (C=O) groups is 2. The van der Waals surface area contributed by atoms with Gasteiger partial charge in [0.1, 0.15) is 17.0 Å². The second-order valence-electron chi connectivity index (χ2n) is 11.7. The minimum atomic E-state index is -0.623. The molecular weight excluding hydrogens is 466 g/mol. The summed E-state index contributed by atoms with van der Waals surface area (Å²) in [6.45, 7) is 15.0. The smallest absolute Gasteiger partial charge is 0.310 e. The fourth-order valence-corrected chi connectivity index (χ4v) is 4.40. The van der Waals surface area contributed by atoms with Crippen LogP contribution in [0.2, 0.25) is 0 Å². The predicted octanol–water partition coefficient (Wildman–Crippen LogP) is 6.99. The number of phenols is 1. The van der Waals surface area contributed by atoms with E-state index in [1.54, 1.807) is 12.1 Å². The number of nitriles is 1. The summed E-state index contributed by atoms with van der Waals surface area (Å²) in [4.78, 5) is 25.5. The van der Waals surface area contributed by atoms with Crippen molar-refractivity contribution in [2.24, 2.45) is 5.92 Å². The van der Waals surface area contributed by atoms with Gasteiger partial charge in [-0.1, -0.05) is 50.2 Å². The van der Waals surface area contributed by atoms with E-state index in [1.807, 2.05) is 91.8 Å². The van der Waals surface area contributed by atoms with E-state index in [4.69, 9.17) is 9.47 Å². The van der Waals surface area contributed by atoms with Gasteiger partial charge < -0.3 is 14.6 Å². The SMILES string of the molecule is CC(c1ccc(O)cc1)C(C(=O)OC(C)(C)C)C(C)c1ccc(C(C#N)CCC(=O)OC(C)(C)C)cc1. The molecule has 0 spiro atoms. The zero-order valence-electron chi connectivity index (χ0n) is 23.4. The van der Waals surface area contributed by atoms with E-state index >= 15 is 0 Å². The van der Waals surface area contributed by atoms with E-state index in [0.717, 1.165) is 16.7 Å². The molecule has 4 unspecified atom stereocenters. The Balaban J connectivity index is 2.26. The lowest BCUT2D eigenvalue weighted by atomic mass is 9.76. The van der Waals surface area contributed by atoms with Gasteiger partial charge in [0.25, 0.3) is 0 Å². The molecule has 200 valence electrons. The van der Waals surface area contributed by atoms with Crippen LogP contribution in [0.3, 0.4) is 0 Å². The molecule has 0 aliphatic heterocycles. The molecule has 2 aromatic rings. The first kappa shape index (κ1) is 29.9. The Morgan fingerprint density at radius 1 is 0.811 bits per heavy atom. The molecule has 0 heterocycles. The summed E-state index contributed by atoms with van der Waals surface area (Å²) in [6.07, 6.45) is 0.539. The molecule has 37 heavy (non-hydrogen) atoms. The normalized spacial score (nSPS) is 15.1. The quantitative estimate of drug-likeness (QED) is 0.368. The standard InChI is InChI=1S/C31H41NO5/c1-20(28(29(35)37-31(6,7)8)21(2)23-13-16-26(33)17-14-23)22-9-11-24(12-10-22)25(19-32)15-18-27(34)36-30(3,4)5/h9-14,16-17,20-21,25,28,33H,15,18H2,1-8H3. The third-order valence-electron chi connectivity index (χ3n) is 6.25. The summed E-state index contributed by atoms with van der Waals surface area (Å²) in [5.41, 5.74) is 1.53. The molecule has 0 aromatic heterocycles. The van der Waals surface area contributed by atoms with E-state index in [2.05, 4.69) is 6.07 Å². The first-order chi connectivity index (χ1) is 17.1. The highest BCUT2D eigenvalue weighted by atomic mass is 16.6. The van der Waals surface area contributed by atoms with Crippen molar-refractivity contribution in [2.45, 2.75) is 97.2 Å². The maximum atomic E-state index is 13.4. The Hall–Kier alpha value is -3.33. The zero-order valence-corrected chi connectivity index (χ0v) is 23.4. The summed E-state index contributed by atoms with van der Waals surface area (Å²) < 4.78 is 11.2. The lowest BCUT2D eigenvalue weighted by Crippen LogP contribution is -2.34. The third-order valence-corrected chi connectivity index (χ3v) is 6.25. The van der Waals surface area contributed by atoms with Gasteiger partial charge >= 0.3 is 11.9 Å². The second-order valence-corrected chi connectivity index (χ2v) is 11.7. The van der Waals surface area contributed by atoms with Gasteiger partial charge in [-0.05, 0) is 88.6 Å². The van der Waals surface area contributed by atoms with Gasteiger partial charge in [0.15, 0.2) is 0 Å². The van der Waals surface area contributed by atoms with Gasteiger partial charge in [-0.3, -0.25) is 9.59 Å². The van der Waals surface area contributed by atoms with E-state index in [1.165, 1.54) is 0 Å². The Morgan fingerprint density at radius 3 is 1.68 bits per heavy atom. The maximum Gasteiger partial charge on any atom is 0.310 e. The number of ether oxygens (including phenoxy) is 2. The van der Waals surface area contributed by atoms with Gasteiger partial charge in [-0.25, -0.2) is 0 Å². The maximum absolute atomic E-state index is 13.4. The fourth-order valence-electron chi connectivity index (χ4n) is 4.40. The molecule has 0 fully saturated rings. The zero-order chi connectivity index (χ0) is 28.0. The van der Waals surface area contributed by atoms with Gasteiger partial charge in [-0.15, -0.1) is 0 Å². The number of hydrogen-bond acceptors (Lipinski definition) is 6. The molecule has 0 radical (unpaired) electrons. The second kappa shape index (κ2) is 12.3. The molecule has 0 aliphatic rings. The summed E-state index contributed by atoms with van der Waals surface area (Å²) >= 11 is 0. The molecule has 2 aromatic carbocycles. The van der Waals surface area contributed by atoms with Crippen molar-refractivity contribution in [3.05, 3.63) is 65.2 Å². The van der Waals surface area contributed by atoms with Crippen molar-refractivity contribution in [1.82, 2.24) is 0 Å². The molecule has 0 bridgehead atoms. The number of rotatable bonds is 9. The lowest BCUT2D eigenvalue weighted by molar-refractivity contribution is -0.161. The Labute approximate surface area is 221 Å². The topological polar surface area (TPSA) is 96.6 Å². The van der Waals surface area contributed by atoms with Gasteiger partial charge in [0.05, 0.1) is 17.9 Å². The number of hydrogen-bond donors (Lipinski definition) is 1. The van der Waals surface area contributed by atoms with E-state index in [9.17, 15) is 20.0 Å². The monoisotopic (exact) mass is 507 g/mol. The molecule has 0 saturated heterocycles. The molecule has 0 saturated carbocycles. The van der Waals surface area contributed by atoms with E-state index in [-0.39, 0.29) is 35.9 Å². The number of nitrogens with zero attached hydrogens (tertiary/aromatic N) is 1. The molecule has 4 atom stereocenters. The summed E-state index contributed by atoms with van der Waals surface area (Å²) in [5.74, 6) is -1.66. The largest absolute Gasteiger partial charge is 0.508 e. The number of carbonyl (C=O) groups excluding carboxylic acids is 2. The average Bonchev–Trinajstić information content (AvgIpc) is 2.78. The third kappa shape index (κ3) is 9.24. The van der Waals surface area contributed by atoms with Crippen molar-refractivity contribution >= 4 is 11.9 Å². The molecule has 0 aliphatic carbocycles. The van der Waals surface area contributed by atoms with Crippen LogP contribution in [0, 0.1) is 17.2 Å². The Morgan fingerprint density at radius 2 is 1.24 bits per heavy atom. The van der Waals surface area contributed by atoms with Crippen LogP contribution in [-0.2, 0) is 19.1 Å². The van der Waals surface area contributed by atoms with Crippen LogP contribution in [0.25, 0.3) is 0 Å². The number of benzene rings is 2. The van der Waals surface area contributed by atoms with Gasteiger partial charge in [0.2, 0.25) is 0 Å². The first-order valence-corrected chi connectivity index (χ1v) is 12.8. The Kier molecular flexibility index (Phi) is 9.92. The molecule has 2 rings (SSSR count). The van der Waals surface area contributed by atoms with Crippen LogP contribution in [0.5, 0.6) is 5.75 Å². The minimum Gasteiger partial charge on any atom is -0.508 e. The minimum absolute atomic E-state index is 0.161. The summed E-state index contributed by atoms with van der Waals surface area (Å²) in [5, 5.41) is 19.4. The molecular formula is C31H41NO5. The van der Waals surface area contributed by atoms with Crippen LogP contribution >= 0.6 is 0 Å². The Bertz CT molecular complexity index is 1080. The first-order valence-electron chi connectivity index (χ1n) is 12.8. The fraction of sp³-hybridized carbons (Fsp3) is 0.516. The molecule has 1 N–H and O–H groups in total. The van der Waals surface area contributed by atoms with Crippen LogP contribution in [-0.4, -0.2) is 28.2 Å². The summed E-state index contributed by atoms with van der Waals surface area (Å²) in [7, 11) is 0. The highest BCUT2D eigenvalue weighted by Gasteiger charge is 2.36. The summed E-state index contributed by atoms with van der Waals surface area (Å²) in [6, 6.07) is 16.9. The van der Waals surface area contributed by atoms with Crippen molar-refractivity contribution in [1.29, 1.82) is 5.26 Å². The molecule has 0 amide bonds. The lowest BCUT2D eigenvalue weighted by Gasteiger charge is -2.32. The van der Waals surface area contributed by atoms with E-state index < -0.39 is 23.0 Å². The molecule has 6 nitrogen and oxygen atoms in total. The van der Waals surface area contributed by atoms with E-state index in [0.29, 0.717) is 6.42 Å². The van der Waals surface area contributed by atoms with Crippen molar-refractivity contribution < 1.29 is 24.2 Å². The highest BCUT2D eigenvalue weighted by Crippen LogP contribution is 2.38. The van der Waals surface area contributed by atoms with Crippen molar-refractivity contribution in [3.63, 3.8) is 0 Å². The van der Waals surface area contributed by atoms with Crippen LogP contribution in [0.4, 0.5) is 0 Å². The van der Waals surface area contributed by atoms with Crippen LogP contribution in [0.15, 0.2) is 48.5 Å². The van der Waals surface area contributed by atoms with Crippen LogP contribution in [0.1, 0.15) is 103 Å². The van der Waals surface area contributed by atoms with Gasteiger partial charge in [-0.2, -0.15) is 5.26 Å². The van der Waals surface area contributed by atoms with Crippen molar-refractivity contribution in [3.8, 4) is 11.8 Å². The van der Waals surface area contributed by atoms with Crippen molar-refractivity contribution in [2.75, 3.05) is 0 Å². The number of aromatic hydroxyl groups is 1. The molecule has 6 heteroatoms.